The molecule has 2 aromatic heterocycles. The Morgan fingerprint density at radius 2 is 1.95 bits per heavy atom. The van der Waals surface area contributed by atoms with Crippen molar-refractivity contribution in [1.29, 1.82) is 0 Å². The summed E-state index contributed by atoms with van der Waals surface area (Å²) < 4.78 is 15.7. The predicted molar refractivity (Wildman–Crippen MR) is 138 cm³/mol. The number of anilines is 1. The number of carbonyl (C=O) groups is 2. The summed E-state index contributed by atoms with van der Waals surface area (Å²) in [5.74, 6) is -0.823. The lowest BCUT2D eigenvalue weighted by Gasteiger charge is -2.32. The molecule has 37 heavy (non-hydrogen) atoms. The van der Waals surface area contributed by atoms with Crippen molar-refractivity contribution in [3.8, 4) is 11.3 Å². The van der Waals surface area contributed by atoms with Crippen molar-refractivity contribution in [2.75, 3.05) is 18.8 Å². The van der Waals surface area contributed by atoms with Gasteiger partial charge in [0, 0.05) is 25.2 Å². The lowest BCUT2D eigenvalue weighted by Crippen LogP contribution is -2.40. The molecule has 0 spiro atoms. The highest BCUT2D eigenvalue weighted by molar-refractivity contribution is 5.98. The molecule has 0 unspecified atom stereocenters. The van der Waals surface area contributed by atoms with Crippen LogP contribution in [0.3, 0.4) is 0 Å². The molecule has 0 bridgehead atoms. The van der Waals surface area contributed by atoms with Crippen LogP contribution in [-0.4, -0.2) is 49.6 Å². The second-order valence-electron chi connectivity index (χ2n) is 8.89. The molecule has 3 N–H and O–H groups in total. The summed E-state index contributed by atoms with van der Waals surface area (Å²) >= 11 is 0. The van der Waals surface area contributed by atoms with E-state index >= 15 is 0 Å². The zero-order chi connectivity index (χ0) is 25.9. The number of likely N-dealkylation sites (tertiary alicyclic amines) is 1. The van der Waals surface area contributed by atoms with Crippen LogP contribution >= 0.6 is 0 Å². The Kier molecular flexibility index (Phi) is 6.63. The Balaban J connectivity index is 1.40. The number of benzene rings is 2. The smallest absolute Gasteiger partial charge is 0.254 e. The van der Waals surface area contributed by atoms with Crippen molar-refractivity contribution in [3.05, 3.63) is 84.5 Å². The summed E-state index contributed by atoms with van der Waals surface area (Å²) in [6.07, 6.45) is 4.43. The van der Waals surface area contributed by atoms with Gasteiger partial charge in [-0.3, -0.25) is 9.59 Å². The number of fused-ring (bicyclic) bond motifs is 1. The van der Waals surface area contributed by atoms with Crippen molar-refractivity contribution in [1.82, 2.24) is 30.0 Å². The van der Waals surface area contributed by atoms with Crippen LogP contribution < -0.4 is 11.1 Å². The van der Waals surface area contributed by atoms with Crippen LogP contribution in [0.4, 0.5) is 10.2 Å². The van der Waals surface area contributed by atoms with Gasteiger partial charge in [-0.15, -0.1) is 0 Å². The van der Waals surface area contributed by atoms with E-state index < -0.39 is 11.7 Å². The standard InChI is InChI=1S/C27H26FN7O2/c1-2-22(36)34-13-5-6-19(15-34)35-26-23(25(29)31-16-32-26)24(33-35)18-11-9-17(10-12-18)14-30-27(37)20-7-3-4-8-21(20)28/h2-4,7-12,16,19H,1,5-6,13-15H2,(H,30,37)(H2,29,31,32)/t19-/m1/s1. The number of carbonyl (C=O) groups excluding carboxylic acids is 2. The molecule has 3 heterocycles. The molecular weight excluding hydrogens is 473 g/mol. The quantitative estimate of drug-likeness (QED) is 0.392. The molecule has 9 nitrogen and oxygen atoms in total. The van der Waals surface area contributed by atoms with Crippen LogP contribution in [0.1, 0.15) is 34.8 Å². The number of nitrogens with zero attached hydrogens (tertiary/aromatic N) is 5. The van der Waals surface area contributed by atoms with Gasteiger partial charge >= 0.3 is 0 Å². The molecule has 10 heteroatoms. The van der Waals surface area contributed by atoms with Crippen molar-refractivity contribution >= 4 is 28.7 Å². The molecule has 1 atom stereocenters. The van der Waals surface area contributed by atoms with E-state index in [4.69, 9.17) is 10.8 Å². The molecular formula is C27H26FN7O2. The highest BCUT2D eigenvalue weighted by Gasteiger charge is 2.28. The number of amides is 2. The van der Waals surface area contributed by atoms with Crippen LogP contribution in [0.25, 0.3) is 22.3 Å². The summed E-state index contributed by atoms with van der Waals surface area (Å²) in [5, 5.41) is 8.27. The third-order valence-corrected chi connectivity index (χ3v) is 6.55. The first-order valence-corrected chi connectivity index (χ1v) is 12.0. The van der Waals surface area contributed by atoms with Crippen LogP contribution in [0.15, 0.2) is 67.5 Å². The highest BCUT2D eigenvalue weighted by atomic mass is 19.1. The minimum Gasteiger partial charge on any atom is -0.383 e. The topological polar surface area (TPSA) is 119 Å². The van der Waals surface area contributed by atoms with E-state index in [9.17, 15) is 14.0 Å². The first-order valence-electron chi connectivity index (χ1n) is 12.0. The number of halogens is 1. The number of aromatic nitrogens is 4. The maximum absolute atomic E-state index is 13.9. The lowest BCUT2D eigenvalue weighted by atomic mass is 10.1. The molecule has 1 aliphatic heterocycles. The van der Waals surface area contributed by atoms with Gasteiger partial charge in [-0.25, -0.2) is 19.0 Å². The van der Waals surface area contributed by atoms with Gasteiger partial charge in [-0.2, -0.15) is 5.10 Å². The molecule has 4 aromatic rings. The maximum atomic E-state index is 13.9. The predicted octanol–water partition coefficient (Wildman–Crippen LogP) is 3.49. The zero-order valence-electron chi connectivity index (χ0n) is 20.1. The van der Waals surface area contributed by atoms with Gasteiger partial charge in [0.15, 0.2) is 5.65 Å². The Bertz CT molecular complexity index is 1480. The molecule has 0 radical (unpaired) electrons. The zero-order valence-corrected chi connectivity index (χ0v) is 20.1. The Labute approximate surface area is 212 Å². The van der Waals surface area contributed by atoms with E-state index in [0.717, 1.165) is 24.0 Å². The van der Waals surface area contributed by atoms with E-state index in [1.54, 1.807) is 17.0 Å². The third kappa shape index (κ3) is 4.77. The van der Waals surface area contributed by atoms with Gasteiger partial charge in [-0.05, 0) is 36.6 Å². The van der Waals surface area contributed by atoms with Crippen LogP contribution in [0.2, 0.25) is 0 Å². The van der Waals surface area contributed by atoms with E-state index in [-0.39, 0.29) is 24.1 Å². The third-order valence-electron chi connectivity index (χ3n) is 6.55. The number of hydrogen-bond donors (Lipinski definition) is 2. The van der Waals surface area contributed by atoms with Gasteiger partial charge in [0.05, 0.1) is 17.0 Å². The van der Waals surface area contributed by atoms with Gasteiger partial charge in [-0.1, -0.05) is 43.0 Å². The van der Waals surface area contributed by atoms with Gasteiger partial charge < -0.3 is 16.0 Å². The molecule has 2 amide bonds. The van der Waals surface area contributed by atoms with Crippen LogP contribution in [-0.2, 0) is 11.3 Å². The largest absolute Gasteiger partial charge is 0.383 e. The Morgan fingerprint density at radius 1 is 1.16 bits per heavy atom. The minimum atomic E-state index is -0.562. The number of piperidine rings is 1. The molecule has 1 saturated heterocycles. The van der Waals surface area contributed by atoms with E-state index in [1.807, 2.05) is 28.9 Å². The molecule has 1 aliphatic rings. The normalized spacial score (nSPS) is 15.5. The Hall–Kier alpha value is -4.60. The maximum Gasteiger partial charge on any atom is 0.254 e. The van der Waals surface area contributed by atoms with Gasteiger partial charge in [0.2, 0.25) is 5.91 Å². The first kappa shape index (κ1) is 24.1. The van der Waals surface area contributed by atoms with E-state index in [2.05, 4.69) is 21.9 Å². The average molecular weight is 500 g/mol. The molecule has 188 valence electrons. The van der Waals surface area contributed by atoms with Crippen molar-refractivity contribution in [2.24, 2.45) is 0 Å². The first-order chi connectivity index (χ1) is 18.0. The van der Waals surface area contributed by atoms with Gasteiger partial charge in [0.25, 0.3) is 5.91 Å². The molecule has 0 saturated carbocycles. The van der Waals surface area contributed by atoms with E-state index in [0.29, 0.717) is 35.6 Å². The van der Waals surface area contributed by atoms with Crippen molar-refractivity contribution < 1.29 is 14.0 Å². The van der Waals surface area contributed by atoms with Crippen LogP contribution in [0.5, 0.6) is 0 Å². The average Bonchev–Trinajstić information content (AvgIpc) is 3.33. The Morgan fingerprint density at radius 3 is 2.70 bits per heavy atom. The molecule has 5 rings (SSSR count). The minimum absolute atomic E-state index is 0.00248. The summed E-state index contributed by atoms with van der Waals surface area (Å²) in [6, 6.07) is 13.3. The summed E-state index contributed by atoms with van der Waals surface area (Å²) in [4.78, 5) is 34.9. The van der Waals surface area contributed by atoms with Crippen LogP contribution in [0, 0.1) is 5.82 Å². The number of nitrogens with one attached hydrogen (secondary N) is 1. The second kappa shape index (κ2) is 10.2. The summed E-state index contributed by atoms with van der Waals surface area (Å²) in [6.45, 7) is 5.02. The summed E-state index contributed by atoms with van der Waals surface area (Å²) in [5.41, 5.74) is 9.16. The molecule has 0 aliphatic carbocycles. The summed E-state index contributed by atoms with van der Waals surface area (Å²) in [7, 11) is 0. The number of nitrogen functional groups attached to an aromatic ring is 1. The monoisotopic (exact) mass is 499 g/mol. The van der Waals surface area contributed by atoms with E-state index in [1.165, 1.54) is 24.5 Å². The second-order valence-corrected chi connectivity index (χ2v) is 8.89. The SMILES string of the molecule is C=CC(=O)N1CCC[C@@H](n2nc(-c3ccc(CNC(=O)c4ccccc4F)cc3)c3c(N)ncnc32)C1. The fourth-order valence-electron chi connectivity index (χ4n) is 4.64. The fourth-order valence-corrected chi connectivity index (χ4v) is 4.64. The molecule has 1 fully saturated rings. The van der Waals surface area contributed by atoms with Gasteiger partial charge in [0.1, 0.15) is 23.7 Å². The number of rotatable bonds is 6. The van der Waals surface area contributed by atoms with Crippen molar-refractivity contribution in [3.63, 3.8) is 0 Å². The number of nitrogens with two attached hydrogens (primary N) is 1. The van der Waals surface area contributed by atoms with Crippen molar-refractivity contribution in [2.45, 2.75) is 25.4 Å². The lowest BCUT2D eigenvalue weighted by molar-refractivity contribution is -0.127. The highest BCUT2D eigenvalue weighted by Crippen LogP contribution is 2.33. The fraction of sp³-hybridized carbons (Fsp3) is 0.222. The molecule has 2 aromatic carbocycles. The number of hydrogen-bond acceptors (Lipinski definition) is 6.